The average molecular weight is 345 g/mol. The summed E-state index contributed by atoms with van der Waals surface area (Å²) < 4.78 is 26.5. The first kappa shape index (κ1) is 16.1. The van der Waals surface area contributed by atoms with E-state index in [-0.39, 0.29) is 24.2 Å². The van der Waals surface area contributed by atoms with E-state index in [1.54, 1.807) is 24.3 Å². The van der Waals surface area contributed by atoms with Crippen molar-refractivity contribution in [2.45, 2.75) is 25.9 Å². The molecule has 0 aliphatic carbocycles. The highest BCUT2D eigenvalue weighted by molar-refractivity contribution is 7.92. The van der Waals surface area contributed by atoms with Crippen molar-refractivity contribution < 1.29 is 13.2 Å². The van der Waals surface area contributed by atoms with Crippen molar-refractivity contribution in [1.29, 1.82) is 5.26 Å². The molecule has 8 nitrogen and oxygen atoms in total. The Hall–Kier alpha value is -2.73. The zero-order chi connectivity index (χ0) is 17.5. The monoisotopic (exact) mass is 345 g/mol. The molecule has 1 atom stereocenters. The van der Waals surface area contributed by atoms with E-state index in [4.69, 9.17) is 5.26 Å². The lowest BCUT2D eigenvalue weighted by molar-refractivity contribution is 0.0967. The molecule has 1 aromatic carbocycles. The minimum Gasteiger partial charge on any atom is -0.292 e. The molecule has 0 amide bonds. The molecule has 1 aliphatic heterocycles. The topological polar surface area (TPSA) is 109 Å². The third-order valence-electron chi connectivity index (χ3n) is 3.85. The fraction of sp³-hybridized carbons (Fsp3) is 0.333. The Kier molecular flexibility index (Phi) is 3.85. The van der Waals surface area contributed by atoms with Crippen molar-refractivity contribution in [3.8, 4) is 6.07 Å². The van der Waals surface area contributed by atoms with Crippen molar-refractivity contribution in [1.82, 2.24) is 14.8 Å². The predicted octanol–water partition coefficient (Wildman–Crippen LogP) is 0.743. The van der Waals surface area contributed by atoms with Gasteiger partial charge in [-0.3, -0.25) is 9.10 Å². The molecule has 0 bridgehead atoms. The maximum atomic E-state index is 12.4. The number of ketones is 1. The number of hydrogen-bond donors (Lipinski definition) is 0. The molecule has 0 spiro atoms. The maximum absolute atomic E-state index is 12.4. The highest BCUT2D eigenvalue weighted by Gasteiger charge is 2.32. The second-order valence-corrected chi connectivity index (χ2v) is 7.62. The van der Waals surface area contributed by atoms with Gasteiger partial charge in [-0.05, 0) is 37.1 Å². The van der Waals surface area contributed by atoms with Gasteiger partial charge in [0.15, 0.2) is 5.78 Å². The van der Waals surface area contributed by atoms with Crippen molar-refractivity contribution >= 4 is 21.5 Å². The van der Waals surface area contributed by atoms with Crippen LogP contribution in [0.25, 0.3) is 0 Å². The Balaban J connectivity index is 1.86. The molecule has 1 aromatic heterocycles. The molecule has 9 heteroatoms. The number of benzene rings is 1. The van der Waals surface area contributed by atoms with Gasteiger partial charge in [0.25, 0.3) is 5.82 Å². The number of aromatic nitrogens is 3. The Morgan fingerprint density at radius 1 is 1.46 bits per heavy atom. The highest BCUT2D eigenvalue weighted by Crippen LogP contribution is 2.34. The summed E-state index contributed by atoms with van der Waals surface area (Å²) in [7, 11) is -3.35. The maximum Gasteiger partial charge on any atom is 0.252 e. The second-order valence-electron chi connectivity index (χ2n) is 5.76. The van der Waals surface area contributed by atoms with Crippen LogP contribution in [0.1, 0.15) is 28.7 Å². The van der Waals surface area contributed by atoms with E-state index in [0.717, 1.165) is 5.56 Å². The standard InChI is InChI=1S/C15H15N5O3S/c1-10-5-12-6-11(3-4-13(12)20(10)24(2,22)23)14(21)8-19-9-17-15(7-16)18-19/h3-4,6,9-10H,5,8H2,1-2H3/t10-/m1/s1. The molecule has 1 aliphatic rings. The molecule has 0 fully saturated rings. The Labute approximate surface area is 139 Å². The largest absolute Gasteiger partial charge is 0.292 e. The summed E-state index contributed by atoms with van der Waals surface area (Å²) in [5.41, 5.74) is 1.93. The molecular weight excluding hydrogens is 330 g/mol. The van der Waals surface area contributed by atoms with Crippen LogP contribution in [-0.2, 0) is 23.0 Å². The lowest BCUT2D eigenvalue weighted by Gasteiger charge is -2.21. The first-order valence-corrected chi connectivity index (χ1v) is 9.09. The quantitative estimate of drug-likeness (QED) is 0.756. The van der Waals surface area contributed by atoms with Crippen LogP contribution in [0, 0.1) is 11.3 Å². The predicted molar refractivity (Wildman–Crippen MR) is 86.0 cm³/mol. The lowest BCUT2D eigenvalue weighted by atomic mass is 10.0. The summed E-state index contributed by atoms with van der Waals surface area (Å²) in [6.07, 6.45) is 3.07. The van der Waals surface area contributed by atoms with E-state index in [9.17, 15) is 13.2 Å². The zero-order valence-electron chi connectivity index (χ0n) is 13.2. The van der Waals surface area contributed by atoms with E-state index >= 15 is 0 Å². The van der Waals surface area contributed by atoms with Gasteiger partial charge in [-0.1, -0.05) is 0 Å². The molecule has 124 valence electrons. The van der Waals surface area contributed by atoms with Crippen LogP contribution in [0.3, 0.4) is 0 Å². The Morgan fingerprint density at radius 3 is 2.83 bits per heavy atom. The van der Waals surface area contributed by atoms with E-state index in [2.05, 4.69) is 10.1 Å². The number of rotatable bonds is 4. The molecule has 2 aromatic rings. The van der Waals surface area contributed by atoms with Crippen LogP contribution in [0.4, 0.5) is 5.69 Å². The molecule has 24 heavy (non-hydrogen) atoms. The van der Waals surface area contributed by atoms with Gasteiger partial charge in [-0.2, -0.15) is 5.26 Å². The second kappa shape index (κ2) is 5.72. The summed E-state index contributed by atoms with van der Waals surface area (Å²) in [5.74, 6) is -0.174. The summed E-state index contributed by atoms with van der Waals surface area (Å²) >= 11 is 0. The van der Waals surface area contributed by atoms with Gasteiger partial charge in [0.2, 0.25) is 10.0 Å². The first-order valence-electron chi connectivity index (χ1n) is 7.24. The van der Waals surface area contributed by atoms with Gasteiger partial charge >= 0.3 is 0 Å². The average Bonchev–Trinajstić information content (AvgIpc) is 3.08. The van der Waals surface area contributed by atoms with Gasteiger partial charge in [-0.15, -0.1) is 5.10 Å². The fourth-order valence-electron chi connectivity index (χ4n) is 2.94. The third-order valence-corrected chi connectivity index (χ3v) is 5.13. The van der Waals surface area contributed by atoms with Gasteiger partial charge < -0.3 is 0 Å². The van der Waals surface area contributed by atoms with Crippen LogP contribution < -0.4 is 4.31 Å². The molecule has 2 heterocycles. The lowest BCUT2D eigenvalue weighted by Crippen LogP contribution is -2.34. The van der Waals surface area contributed by atoms with Crippen LogP contribution in [0.5, 0.6) is 0 Å². The number of sulfonamides is 1. The van der Waals surface area contributed by atoms with Crippen molar-refractivity contribution in [2.24, 2.45) is 0 Å². The number of fused-ring (bicyclic) bond motifs is 1. The summed E-state index contributed by atoms with van der Waals surface area (Å²) in [5, 5.41) is 12.6. The van der Waals surface area contributed by atoms with E-state index in [1.165, 1.54) is 21.6 Å². The van der Waals surface area contributed by atoms with Crippen LogP contribution >= 0.6 is 0 Å². The number of nitrogens with zero attached hydrogens (tertiary/aromatic N) is 5. The zero-order valence-corrected chi connectivity index (χ0v) is 14.0. The third kappa shape index (κ3) is 2.88. The minimum atomic E-state index is -3.35. The van der Waals surface area contributed by atoms with Gasteiger partial charge in [-0.25, -0.2) is 18.1 Å². The SMILES string of the molecule is C[C@@H]1Cc2cc(C(=O)Cn3cnc(C#N)n3)ccc2N1S(C)(=O)=O. The Morgan fingerprint density at radius 2 is 2.21 bits per heavy atom. The smallest absolute Gasteiger partial charge is 0.252 e. The number of carbonyl (C=O) groups excluding carboxylic acids is 1. The number of carbonyl (C=O) groups is 1. The number of anilines is 1. The molecule has 0 unspecified atom stereocenters. The van der Waals surface area contributed by atoms with Gasteiger partial charge in [0, 0.05) is 11.6 Å². The first-order chi connectivity index (χ1) is 11.3. The van der Waals surface area contributed by atoms with Crippen LogP contribution in [0.15, 0.2) is 24.5 Å². The normalized spacial score (nSPS) is 16.7. The fourth-order valence-corrected chi connectivity index (χ4v) is 4.21. The summed E-state index contributed by atoms with van der Waals surface area (Å²) in [6, 6.07) is 6.63. The molecule has 3 rings (SSSR count). The van der Waals surface area contributed by atoms with Crippen molar-refractivity contribution in [2.75, 3.05) is 10.6 Å². The van der Waals surface area contributed by atoms with Crippen LogP contribution in [0.2, 0.25) is 0 Å². The van der Waals surface area contributed by atoms with Crippen molar-refractivity contribution in [3.05, 3.63) is 41.5 Å². The van der Waals surface area contributed by atoms with E-state index in [0.29, 0.717) is 17.7 Å². The number of Topliss-reactive ketones (excluding diaryl/α,β-unsaturated/α-hetero) is 1. The summed E-state index contributed by atoms with van der Waals surface area (Å²) in [6.45, 7) is 1.81. The van der Waals surface area contributed by atoms with Crippen molar-refractivity contribution in [3.63, 3.8) is 0 Å². The van der Waals surface area contributed by atoms with Gasteiger partial charge in [0.1, 0.15) is 18.9 Å². The molecule has 0 radical (unpaired) electrons. The van der Waals surface area contributed by atoms with E-state index < -0.39 is 10.0 Å². The minimum absolute atomic E-state index is 0.00868. The van der Waals surface area contributed by atoms with Gasteiger partial charge in [0.05, 0.1) is 11.9 Å². The Bertz CT molecular complexity index is 958. The van der Waals surface area contributed by atoms with E-state index in [1.807, 2.05) is 6.92 Å². The summed E-state index contributed by atoms with van der Waals surface area (Å²) in [4.78, 5) is 16.1. The van der Waals surface area contributed by atoms with Crippen LogP contribution in [-0.4, -0.2) is 41.3 Å². The highest BCUT2D eigenvalue weighted by atomic mass is 32.2. The molecule has 0 saturated heterocycles. The molecular formula is C15H15N5O3S. The number of hydrogen-bond acceptors (Lipinski definition) is 6. The molecule has 0 saturated carbocycles. The number of nitriles is 1. The molecule has 0 N–H and O–H groups in total.